The lowest BCUT2D eigenvalue weighted by Crippen LogP contribution is -2.29. The smallest absolute Gasteiger partial charge is 0.242 e. The van der Waals surface area contributed by atoms with Gasteiger partial charge in [-0.15, -0.1) is 0 Å². The number of rotatable bonds is 6. The van der Waals surface area contributed by atoms with Gasteiger partial charge in [0.15, 0.2) is 0 Å². The molecule has 4 nitrogen and oxygen atoms in total. The van der Waals surface area contributed by atoms with Crippen LogP contribution in [0, 0.1) is 11.8 Å². The summed E-state index contributed by atoms with van der Waals surface area (Å²) in [6.45, 7) is 4.58. The van der Waals surface area contributed by atoms with Gasteiger partial charge in [0.05, 0.1) is 11.0 Å². The quantitative estimate of drug-likeness (QED) is 0.877. The monoisotopic (exact) mass is 297 g/mol. The van der Waals surface area contributed by atoms with Crippen LogP contribution in [-0.2, 0) is 10.0 Å². The molecular formula is C15H23NO3S. The standard InChI is InChI=1S/C15H23NO3S/c1-4-15(17)12-6-5-7-14(9-12)20(18,19)16(3)10-13-8-11(13)2/h5-7,9,11,13,15,17H,4,8,10H2,1-3H3. The first kappa shape index (κ1) is 15.5. The number of aliphatic hydroxyl groups is 1. The minimum Gasteiger partial charge on any atom is -0.388 e. The van der Waals surface area contributed by atoms with Crippen molar-refractivity contribution in [3.05, 3.63) is 29.8 Å². The summed E-state index contributed by atoms with van der Waals surface area (Å²) in [5.74, 6) is 1.11. The first-order chi connectivity index (χ1) is 9.36. The molecule has 5 heteroatoms. The Kier molecular flexibility index (Phi) is 4.52. The molecular weight excluding hydrogens is 274 g/mol. The van der Waals surface area contributed by atoms with E-state index >= 15 is 0 Å². The Hall–Kier alpha value is -0.910. The van der Waals surface area contributed by atoms with Crippen molar-refractivity contribution in [2.45, 2.75) is 37.7 Å². The number of hydrogen-bond acceptors (Lipinski definition) is 3. The minimum atomic E-state index is -3.46. The van der Waals surface area contributed by atoms with E-state index in [9.17, 15) is 13.5 Å². The number of sulfonamides is 1. The van der Waals surface area contributed by atoms with Crippen LogP contribution in [0.2, 0.25) is 0 Å². The van der Waals surface area contributed by atoms with Crippen LogP contribution in [0.1, 0.15) is 38.4 Å². The summed E-state index contributed by atoms with van der Waals surface area (Å²) in [4.78, 5) is 0.262. The lowest BCUT2D eigenvalue weighted by atomic mass is 10.1. The molecule has 0 bridgehead atoms. The SMILES string of the molecule is CCC(O)c1cccc(S(=O)(=O)N(C)CC2CC2C)c1. The highest BCUT2D eigenvalue weighted by atomic mass is 32.2. The molecule has 0 aliphatic heterocycles. The van der Waals surface area contributed by atoms with Gasteiger partial charge in [0, 0.05) is 13.6 Å². The second-order valence-electron chi connectivity index (χ2n) is 5.76. The van der Waals surface area contributed by atoms with Crippen molar-refractivity contribution in [1.29, 1.82) is 0 Å². The summed E-state index contributed by atoms with van der Waals surface area (Å²) in [5.41, 5.74) is 0.654. The van der Waals surface area contributed by atoms with Gasteiger partial charge in [-0.05, 0) is 42.4 Å². The fraction of sp³-hybridized carbons (Fsp3) is 0.600. The zero-order valence-corrected chi connectivity index (χ0v) is 13.1. The van der Waals surface area contributed by atoms with Crippen molar-refractivity contribution in [2.24, 2.45) is 11.8 Å². The highest BCUT2D eigenvalue weighted by Crippen LogP contribution is 2.38. The molecule has 2 rings (SSSR count). The lowest BCUT2D eigenvalue weighted by molar-refractivity contribution is 0.173. The fourth-order valence-corrected chi connectivity index (χ4v) is 3.66. The molecule has 1 aromatic carbocycles. The molecule has 0 spiro atoms. The van der Waals surface area contributed by atoms with Crippen LogP contribution in [-0.4, -0.2) is 31.4 Å². The van der Waals surface area contributed by atoms with Crippen LogP contribution < -0.4 is 0 Å². The number of hydrogen-bond donors (Lipinski definition) is 1. The van der Waals surface area contributed by atoms with Gasteiger partial charge < -0.3 is 5.11 Å². The molecule has 1 aliphatic carbocycles. The third kappa shape index (κ3) is 3.22. The Morgan fingerprint density at radius 1 is 1.45 bits per heavy atom. The second-order valence-corrected chi connectivity index (χ2v) is 7.80. The van der Waals surface area contributed by atoms with E-state index < -0.39 is 16.1 Å². The number of benzene rings is 1. The van der Waals surface area contributed by atoms with Crippen LogP contribution in [0.5, 0.6) is 0 Å². The third-order valence-corrected chi connectivity index (χ3v) is 5.92. The van der Waals surface area contributed by atoms with Crippen molar-refractivity contribution in [3.8, 4) is 0 Å². The number of nitrogens with zero attached hydrogens (tertiary/aromatic N) is 1. The molecule has 1 fully saturated rings. The Morgan fingerprint density at radius 3 is 2.65 bits per heavy atom. The Morgan fingerprint density at radius 2 is 2.10 bits per heavy atom. The maximum absolute atomic E-state index is 12.5. The van der Waals surface area contributed by atoms with Gasteiger partial charge >= 0.3 is 0 Å². The van der Waals surface area contributed by atoms with E-state index in [0.717, 1.165) is 6.42 Å². The summed E-state index contributed by atoms with van der Waals surface area (Å²) in [6.07, 6.45) is 1.06. The molecule has 1 N–H and O–H groups in total. The first-order valence-electron chi connectivity index (χ1n) is 7.10. The van der Waals surface area contributed by atoms with E-state index in [1.165, 1.54) is 4.31 Å². The van der Waals surface area contributed by atoms with Crippen LogP contribution >= 0.6 is 0 Å². The molecule has 0 radical (unpaired) electrons. The summed E-state index contributed by atoms with van der Waals surface area (Å²) < 4.78 is 26.4. The Balaban J connectivity index is 2.20. The summed E-state index contributed by atoms with van der Waals surface area (Å²) in [5, 5.41) is 9.84. The molecule has 1 aromatic rings. The fourth-order valence-electron chi connectivity index (χ4n) is 2.38. The van der Waals surface area contributed by atoms with Crippen LogP contribution in [0.3, 0.4) is 0 Å². The highest BCUT2D eigenvalue weighted by molar-refractivity contribution is 7.89. The van der Waals surface area contributed by atoms with E-state index in [4.69, 9.17) is 0 Å². The minimum absolute atomic E-state index is 0.262. The summed E-state index contributed by atoms with van der Waals surface area (Å²) >= 11 is 0. The van der Waals surface area contributed by atoms with Crippen molar-refractivity contribution in [2.75, 3.05) is 13.6 Å². The molecule has 20 heavy (non-hydrogen) atoms. The molecule has 0 saturated heterocycles. The predicted molar refractivity (Wildman–Crippen MR) is 78.8 cm³/mol. The average Bonchev–Trinajstić information content (AvgIpc) is 3.13. The van der Waals surface area contributed by atoms with Gasteiger partial charge in [0.2, 0.25) is 10.0 Å². The molecule has 0 heterocycles. The second kappa shape index (κ2) is 5.84. The largest absolute Gasteiger partial charge is 0.388 e. The van der Waals surface area contributed by atoms with Crippen molar-refractivity contribution < 1.29 is 13.5 Å². The third-order valence-electron chi connectivity index (χ3n) is 4.11. The van der Waals surface area contributed by atoms with Gasteiger partial charge in [0.25, 0.3) is 0 Å². The molecule has 3 atom stereocenters. The van der Waals surface area contributed by atoms with Crippen LogP contribution in [0.4, 0.5) is 0 Å². The van der Waals surface area contributed by atoms with E-state index in [1.54, 1.807) is 31.3 Å². The van der Waals surface area contributed by atoms with E-state index in [1.807, 2.05) is 6.92 Å². The molecule has 3 unspecified atom stereocenters. The summed E-state index contributed by atoms with van der Waals surface area (Å²) in [7, 11) is -1.83. The van der Waals surface area contributed by atoms with Gasteiger partial charge in [-0.2, -0.15) is 0 Å². The Labute approximate surface area is 121 Å². The molecule has 0 amide bonds. The van der Waals surface area contributed by atoms with Gasteiger partial charge in [-0.25, -0.2) is 12.7 Å². The zero-order chi connectivity index (χ0) is 14.9. The van der Waals surface area contributed by atoms with Crippen molar-refractivity contribution in [1.82, 2.24) is 4.31 Å². The lowest BCUT2D eigenvalue weighted by Gasteiger charge is -2.18. The van der Waals surface area contributed by atoms with Crippen molar-refractivity contribution in [3.63, 3.8) is 0 Å². The molecule has 0 aromatic heterocycles. The normalized spacial score (nSPS) is 23.9. The van der Waals surface area contributed by atoms with E-state index in [-0.39, 0.29) is 4.90 Å². The summed E-state index contributed by atoms with van der Waals surface area (Å²) in [6, 6.07) is 6.62. The van der Waals surface area contributed by atoms with Gasteiger partial charge in [0.1, 0.15) is 0 Å². The highest BCUT2D eigenvalue weighted by Gasteiger charge is 2.36. The van der Waals surface area contributed by atoms with Crippen LogP contribution in [0.15, 0.2) is 29.2 Å². The number of aliphatic hydroxyl groups excluding tert-OH is 1. The maximum atomic E-state index is 12.5. The zero-order valence-electron chi connectivity index (χ0n) is 12.3. The van der Waals surface area contributed by atoms with E-state index in [0.29, 0.717) is 30.4 Å². The first-order valence-corrected chi connectivity index (χ1v) is 8.54. The average molecular weight is 297 g/mol. The van der Waals surface area contributed by atoms with Crippen LogP contribution in [0.25, 0.3) is 0 Å². The molecule has 112 valence electrons. The maximum Gasteiger partial charge on any atom is 0.242 e. The van der Waals surface area contributed by atoms with Gasteiger partial charge in [-0.1, -0.05) is 26.0 Å². The Bertz CT molecular complexity index is 570. The topological polar surface area (TPSA) is 57.6 Å². The van der Waals surface area contributed by atoms with Crippen molar-refractivity contribution >= 4 is 10.0 Å². The van der Waals surface area contributed by atoms with Gasteiger partial charge in [-0.3, -0.25) is 0 Å². The predicted octanol–water partition coefficient (Wildman–Crippen LogP) is 2.41. The molecule has 1 aliphatic rings. The molecule has 1 saturated carbocycles. The van der Waals surface area contributed by atoms with E-state index in [2.05, 4.69) is 6.92 Å².